The number of alkyl halides is 1. The first-order chi connectivity index (χ1) is 7.67. The van der Waals surface area contributed by atoms with Crippen LogP contribution in [0.1, 0.15) is 5.56 Å². The molecule has 2 aromatic rings. The number of benzene rings is 1. The Hall–Kier alpha value is -1.48. The molecular formula is C12H12ClNO2. The number of pyridine rings is 1. The first-order valence-corrected chi connectivity index (χ1v) is 5.43. The molecule has 0 fully saturated rings. The fraction of sp³-hybridized carbons (Fsp3) is 0.250. The van der Waals surface area contributed by atoms with Gasteiger partial charge in [0.15, 0.2) is 5.43 Å². The van der Waals surface area contributed by atoms with Crippen LogP contribution in [0, 0.1) is 0 Å². The van der Waals surface area contributed by atoms with Gasteiger partial charge in [0, 0.05) is 30.3 Å². The zero-order valence-corrected chi connectivity index (χ0v) is 9.91. The quantitative estimate of drug-likeness (QED) is 0.751. The van der Waals surface area contributed by atoms with Gasteiger partial charge in [0.25, 0.3) is 0 Å². The van der Waals surface area contributed by atoms with Crippen LogP contribution < -0.4 is 10.2 Å². The molecule has 0 unspecified atom stereocenters. The van der Waals surface area contributed by atoms with Crippen LogP contribution >= 0.6 is 11.6 Å². The second kappa shape index (κ2) is 4.18. The minimum absolute atomic E-state index is 0.00856. The van der Waals surface area contributed by atoms with E-state index in [0.29, 0.717) is 10.9 Å². The molecule has 16 heavy (non-hydrogen) atoms. The van der Waals surface area contributed by atoms with E-state index in [0.717, 1.165) is 11.3 Å². The van der Waals surface area contributed by atoms with Crippen molar-refractivity contribution in [1.82, 2.24) is 4.57 Å². The maximum Gasteiger partial charge on any atom is 0.193 e. The molecule has 0 amide bonds. The molecule has 0 bridgehead atoms. The number of hydrogen-bond donors (Lipinski definition) is 0. The van der Waals surface area contributed by atoms with E-state index in [1.165, 1.54) is 0 Å². The zero-order valence-electron chi connectivity index (χ0n) is 9.16. The summed E-state index contributed by atoms with van der Waals surface area (Å²) in [6.45, 7) is 0. The minimum atomic E-state index is -0.00856. The summed E-state index contributed by atoms with van der Waals surface area (Å²) < 4.78 is 7.02. The van der Waals surface area contributed by atoms with Gasteiger partial charge in [-0.3, -0.25) is 4.79 Å². The van der Waals surface area contributed by atoms with Gasteiger partial charge in [-0.1, -0.05) is 0 Å². The number of methoxy groups -OCH3 is 1. The molecule has 0 spiro atoms. The first kappa shape index (κ1) is 11.0. The number of halogens is 1. The molecule has 0 aliphatic carbocycles. The average molecular weight is 238 g/mol. The van der Waals surface area contributed by atoms with Crippen molar-refractivity contribution in [1.29, 1.82) is 0 Å². The van der Waals surface area contributed by atoms with E-state index in [9.17, 15) is 4.79 Å². The summed E-state index contributed by atoms with van der Waals surface area (Å²) in [6.07, 6.45) is 1.76. The fourth-order valence-electron chi connectivity index (χ4n) is 1.75. The Kier molecular flexibility index (Phi) is 2.88. The Bertz CT molecular complexity index is 589. The lowest BCUT2D eigenvalue weighted by Gasteiger charge is -2.08. The Morgan fingerprint density at radius 3 is 2.81 bits per heavy atom. The summed E-state index contributed by atoms with van der Waals surface area (Å²) in [4.78, 5) is 12.0. The summed E-state index contributed by atoms with van der Waals surface area (Å²) in [7, 11) is 3.49. The summed E-state index contributed by atoms with van der Waals surface area (Å²) in [5.74, 6) is 0.968. The minimum Gasteiger partial charge on any atom is -0.497 e. The third-order valence-corrected chi connectivity index (χ3v) is 2.90. The van der Waals surface area contributed by atoms with Crippen LogP contribution in [0.15, 0.2) is 29.2 Å². The molecule has 0 saturated heterocycles. The van der Waals surface area contributed by atoms with Gasteiger partial charge in [-0.05, 0) is 12.1 Å². The Morgan fingerprint density at radius 1 is 1.44 bits per heavy atom. The molecule has 84 valence electrons. The highest BCUT2D eigenvalue weighted by molar-refractivity contribution is 6.17. The largest absolute Gasteiger partial charge is 0.497 e. The summed E-state index contributed by atoms with van der Waals surface area (Å²) in [5, 5.41) is 0.668. The highest BCUT2D eigenvalue weighted by atomic mass is 35.5. The molecule has 0 atom stereocenters. The molecule has 1 heterocycles. The van der Waals surface area contributed by atoms with E-state index >= 15 is 0 Å². The predicted octanol–water partition coefficient (Wildman–Crippen LogP) is 2.29. The molecule has 2 rings (SSSR count). The van der Waals surface area contributed by atoms with Crippen molar-refractivity contribution in [3.05, 3.63) is 40.2 Å². The predicted molar refractivity (Wildman–Crippen MR) is 65.3 cm³/mol. The number of fused-ring (bicyclic) bond motifs is 1. The van der Waals surface area contributed by atoms with Crippen molar-refractivity contribution in [2.24, 2.45) is 7.05 Å². The van der Waals surface area contributed by atoms with E-state index in [4.69, 9.17) is 16.3 Å². The van der Waals surface area contributed by atoms with Gasteiger partial charge in [0.2, 0.25) is 0 Å². The van der Waals surface area contributed by atoms with E-state index in [-0.39, 0.29) is 11.3 Å². The number of aromatic nitrogens is 1. The van der Waals surface area contributed by atoms with Gasteiger partial charge < -0.3 is 9.30 Å². The van der Waals surface area contributed by atoms with Crippen LogP contribution in [0.3, 0.4) is 0 Å². The van der Waals surface area contributed by atoms with E-state index in [1.807, 2.05) is 17.7 Å². The number of hydrogen-bond acceptors (Lipinski definition) is 2. The van der Waals surface area contributed by atoms with E-state index in [2.05, 4.69) is 0 Å². The lowest BCUT2D eigenvalue weighted by atomic mass is 10.1. The van der Waals surface area contributed by atoms with Crippen molar-refractivity contribution >= 4 is 22.5 Å². The van der Waals surface area contributed by atoms with Gasteiger partial charge in [0.05, 0.1) is 18.5 Å². The zero-order chi connectivity index (χ0) is 11.7. The normalized spacial score (nSPS) is 10.7. The fourth-order valence-corrected chi connectivity index (χ4v) is 1.94. The van der Waals surface area contributed by atoms with Gasteiger partial charge in [0.1, 0.15) is 5.75 Å². The molecule has 1 aromatic carbocycles. The number of rotatable bonds is 2. The topological polar surface area (TPSA) is 31.2 Å². The van der Waals surface area contributed by atoms with Crippen LogP contribution in [0.25, 0.3) is 10.9 Å². The molecule has 3 nitrogen and oxygen atoms in total. The van der Waals surface area contributed by atoms with Crippen LogP contribution in [0.4, 0.5) is 0 Å². The smallest absolute Gasteiger partial charge is 0.193 e. The average Bonchev–Trinajstić information content (AvgIpc) is 2.33. The maximum absolute atomic E-state index is 12.0. The monoisotopic (exact) mass is 237 g/mol. The number of ether oxygens (including phenoxy) is 1. The summed E-state index contributed by atoms with van der Waals surface area (Å²) in [6, 6.07) is 5.39. The van der Waals surface area contributed by atoms with Crippen molar-refractivity contribution < 1.29 is 4.74 Å². The van der Waals surface area contributed by atoms with Crippen molar-refractivity contribution in [2.45, 2.75) is 5.88 Å². The van der Waals surface area contributed by atoms with Gasteiger partial charge in [-0.2, -0.15) is 0 Å². The highest BCUT2D eigenvalue weighted by Gasteiger charge is 2.07. The molecular weight excluding hydrogens is 226 g/mol. The molecule has 4 heteroatoms. The van der Waals surface area contributed by atoms with Gasteiger partial charge in [-0.15, -0.1) is 11.6 Å². The van der Waals surface area contributed by atoms with Crippen LogP contribution in [0.2, 0.25) is 0 Å². The molecule has 0 saturated carbocycles. The lowest BCUT2D eigenvalue weighted by Crippen LogP contribution is -2.12. The van der Waals surface area contributed by atoms with Crippen LogP contribution in [0.5, 0.6) is 5.75 Å². The molecule has 0 aliphatic heterocycles. The first-order valence-electron chi connectivity index (χ1n) is 4.89. The standard InChI is InChI=1S/C12H12ClNO2/c1-14-7-8(6-13)12(15)10-4-3-9(16-2)5-11(10)14/h3-5,7H,6H2,1-2H3. The summed E-state index contributed by atoms with van der Waals surface area (Å²) >= 11 is 5.73. The third kappa shape index (κ3) is 1.67. The van der Waals surface area contributed by atoms with E-state index in [1.54, 1.807) is 25.4 Å². The van der Waals surface area contributed by atoms with Crippen molar-refractivity contribution in [3.8, 4) is 5.75 Å². The number of nitrogens with zero attached hydrogens (tertiary/aromatic N) is 1. The molecule has 0 N–H and O–H groups in total. The van der Waals surface area contributed by atoms with E-state index < -0.39 is 0 Å². The Labute approximate surface area is 98.2 Å². The van der Waals surface area contributed by atoms with Crippen LogP contribution in [-0.2, 0) is 12.9 Å². The SMILES string of the molecule is COc1ccc2c(=O)c(CCl)cn(C)c2c1. The van der Waals surface area contributed by atoms with Gasteiger partial charge in [-0.25, -0.2) is 0 Å². The second-order valence-electron chi connectivity index (χ2n) is 3.61. The maximum atomic E-state index is 12.0. The highest BCUT2D eigenvalue weighted by Crippen LogP contribution is 2.18. The van der Waals surface area contributed by atoms with Crippen LogP contribution in [-0.4, -0.2) is 11.7 Å². The third-order valence-electron chi connectivity index (χ3n) is 2.61. The second-order valence-corrected chi connectivity index (χ2v) is 3.88. The molecule has 0 aliphatic rings. The molecule has 1 aromatic heterocycles. The van der Waals surface area contributed by atoms with Crippen molar-refractivity contribution in [2.75, 3.05) is 7.11 Å². The lowest BCUT2D eigenvalue weighted by molar-refractivity contribution is 0.415. The van der Waals surface area contributed by atoms with Gasteiger partial charge >= 0.3 is 0 Å². The molecule has 0 radical (unpaired) electrons. The Balaban J connectivity index is 2.84. The summed E-state index contributed by atoms with van der Waals surface area (Å²) in [5.41, 5.74) is 1.45. The Morgan fingerprint density at radius 2 is 2.19 bits per heavy atom. The number of aryl methyl sites for hydroxylation is 1. The van der Waals surface area contributed by atoms with Crippen molar-refractivity contribution in [3.63, 3.8) is 0 Å².